The second kappa shape index (κ2) is 5.64. The van der Waals surface area contributed by atoms with E-state index in [1.165, 1.54) is 16.4 Å². The molecule has 0 saturated carbocycles. The van der Waals surface area contributed by atoms with Crippen LogP contribution in [0.3, 0.4) is 0 Å². The average Bonchev–Trinajstić information content (AvgIpc) is 3.12. The van der Waals surface area contributed by atoms with Crippen LogP contribution in [0.4, 0.5) is 5.69 Å². The number of carbonyl (C=O) groups excluding carboxylic acids is 1. The monoisotopic (exact) mass is 314 g/mol. The van der Waals surface area contributed by atoms with E-state index in [0.717, 1.165) is 10.7 Å². The molecule has 3 rings (SSSR count). The van der Waals surface area contributed by atoms with E-state index in [4.69, 9.17) is 0 Å². The van der Waals surface area contributed by atoms with Crippen LogP contribution < -0.4 is 4.90 Å². The second-order valence-electron chi connectivity index (χ2n) is 4.74. The Morgan fingerprint density at radius 2 is 2.18 bits per heavy atom. The number of anilines is 1. The number of rotatable bonds is 3. The predicted molar refractivity (Wildman–Crippen MR) is 83.8 cm³/mol. The lowest BCUT2D eigenvalue weighted by atomic mass is 10.3. The average molecular weight is 314 g/mol. The Hall–Kier alpha value is -2.61. The van der Waals surface area contributed by atoms with Gasteiger partial charge in [0.2, 0.25) is 5.82 Å². The summed E-state index contributed by atoms with van der Waals surface area (Å²) in [7, 11) is 3.49. The predicted octanol–water partition coefficient (Wildman–Crippen LogP) is 1.92. The molecule has 0 aromatic carbocycles. The quantitative estimate of drug-likeness (QED) is 0.738. The van der Waals surface area contributed by atoms with Crippen molar-refractivity contribution in [2.75, 3.05) is 11.9 Å². The fourth-order valence-corrected chi connectivity index (χ4v) is 2.52. The number of nitrogens with zero attached hydrogens (tertiary/aromatic N) is 6. The molecule has 7 nitrogen and oxygen atoms in total. The van der Waals surface area contributed by atoms with Gasteiger partial charge in [0.15, 0.2) is 5.82 Å². The van der Waals surface area contributed by atoms with Crippen molar-refractivity contribution in [1.29, 1.82) is 0 Å². The lowest BCUT2D eigenvalue weighted by Gasteiger charge is -2.16. The first kappa shape index (κ1) is 14.3. The van der Waals surface area contributed by atoms with Crippen LogP contribution >= 0.6 is 11.5 Å². The molecule has 0 unspecified atom stereocenters. The fourth-order valence-electron chi connectivity index (χ4n) is 2.05. The van der Waals surface area contributed by atoms with Gasteiger partial charge < -0.3 is 9.47 Å². The maximum atomic E-state index is 12.6. The van der Waals surface area contributed by atoms with Gasteiger partial charge in [-0.3, -0.25) is 9.78 Å². The zero-order chi connectivity index (χ0) is 15.7. The minimum atomic E-state index is -0.166. The third-order valence-corrected chi connectivity index (χ3v) is 3.89. The molecule has 3 aromatic heterocycles. The van der Waals surface area contributed by atoms with Crippen LogP contribution in [-0.4, -0.2) is 36.8 Å². The van der Waals surface area contributed by atoms with Crippen molar-refractivity contribution in [3.63, 3.8) is 0 Å². The van der Waals surface area contributed by atoms with Gasteiger partial charge in [-0.05, 0) is 30.6 Å². The molecule has 112 valence electrons. The fraction of sp³-hybridized carbons (Fsp3) is 0.214. The molecule has 0 N–H and O–H groups in total. The Bertz CT molecular complexity index is 810. The van der Waals surface area contributed by atoms with Gasteiger partial charge in [-0.15, -0.1) is 0 Å². The molecule has 0 aliphatic rings. The lowest BCUT2D eigenvalue weighted by Crippen LogP contribution is -2.28. The first-order valence-electron chi connectivity index (χ1n) is 6.58. The van der Waals surface area contributed by atoms with E-state index in [2.05, 4.69) is 19.3 Å². The van der Waals surface area contributed by atoms with E-state index >= 15 is 0 Å². The Balaban J connectivity index is 1.93. The molecule has 8 heteroatoms. The lowest BCUT2D eigenvalue weighted by molar-refractivity contribution is 0.0985. The minimum Gasteiger partial charge on any atom is -0.320 e. The van der Waals surface area contributed by atoms with Gasteiger partial charge in [-0.2, -0.15) is 4.37 Å². The molecule has 1 amide bonds. The standard InChI is InChI=1S/C14H14N6OS/c1-9-17-12(18-22-9)13-16-8-11(20(13)3)14(21)19(2)10-5-4-6-15-7-10/h4-8H,1-3H3. The van der Waals surface area contributed by atoms with Crippen LogP contribution in [0.5, 0.6) is 0 Å². The Morgan fingerprint density at radius 3 is 2.82 bits per heavy atom. The first-order valence-corrected chi connectivity index (χ1v) is 7.35. The number of aryl methyl sites for hydroxylation is 1. The van der Waals surface area contributed by atoms with Crippen LogP contribution in [0.1, 0.15) is 15.5 Å². The smallest absolute Gasteiger partial charge is 0.276 e. The van der Waals surface area contributed by atoms with Gasteiger partial charge in [0, 0.05) is 20.3 Å². The SMILES string of the molecule is Cc1nc(-c2ncc(C(=O)N(C)c3cccnc3)n2C)ns1. The molecule has 22 heavy (non-hydrogen) atoms. The topological polar surface area (TPSA) is 76.8 Å². The molecule has 0 saturated heterocycles. The van der Waals surface area contributed by atoms with Crippen LogP contribution in [0.15, 0.2) is 30.7 Å². The number of imidazole rings is 1. The van der Waals surface area contributed by atoms with Crippen molar-refractivity contribution in [1.82, 2.24) is 23.9 Å². The summed E-state index contributed by atoms with van der Waals surface area (Å²) in [6.45, 7) is 1.88. The highest BCUT2D eigenvalue weighted by molar-refractivity contribution is 7.05. The van der Waals surface area contributed by atoms with Gasteiger partial charge in [-0.1, -0.05) is 0 Å². The second-order valence-corrected chi connectivity index (χ2v) is 5.69. The minimum absolute atomic E-state index is 0.166. The number of hydrogen-bond donors (Lipinski definition) is 0. The van der Waals surface area contributed by atoms with Crippen molar-refractivity contribution in [2.45, 2.75) is 6.92 Å². The third kappa shape index (κ3) is 2.48. The van der Waals surface area contributed by atoms with Crippen molar-refractivity contribution < 1.29 is 4.79 Å². The molecule has 3 aromatic rings. The van der Waals surface area contributed by atoms with Gasteiger partial charge in [-0.25, -0.2) is 9.97 Å². The summed E-state index contributed by atoms with van der Waals surface area (Å²) >= 11 is 1.31. The number of carbonyl (C=O) groups is 1. The van der Waals surface area contributed by atoms with Crippen molar-refractivity contribution in [3.05, 3.63) is 41.4 Å². The maximum absolute atomic E-state index is 12.6. The molecule has 0 bridgehead atoms. The van der Waals surface area contributed by atoms with E-state index in [0.29, 0.717) is 17.3 Å². The summed E-state index contributed by atoms with van der Waals surface area (Å²) in [6, 6.07) is 3.61. The molecule has 3 heterocycles. The number of amides is 1. The van der Waals surface area contributed by atoms with Crippen LogP contribution in [0.25, 0.3) is 11.6 Å². The van der Waals surface area contributed by atoms with Gasteiger partial charge in [0.25, 0.3) is 5.91 Å². The highest BCUT2D eigenvalue weighted by atomic mass is 32.1. The van der Waals surface area contributed by atoms with Gasteiger partial charge in [0.1, 0.15) is 10.7 Å². The zero-order valence-electron chi connectivity index (χ0n) is 12.4. The third-order valence-electron chi connectivity index (χ3n) is 3.27. The van der Waals surface area contributed by atoms with Gasteiger partial charge >= 0.3 is 0 Å². The molecule has 0 aliphatic heterocycles. The number of hydrogen-bond acceptors (Lipinski definition) is 6. The van der Waals surface area contributed by atoms with Crippen LogP contribution in [0, 0.1) is 6.92 Å². The van der Waals surface area contributed by atoms with E-state index < -0.39 is 0 Å². The largest absolute Gasteiger partial charge is 0.320 e. The van der Waals surface area contributed by atoms with E-state index in [-0.39, 0.29) is 5.91 Å². The Labute approximate surface area is 131 Å². The molecular weight excluding hydrogens is 300 g/mol. The highest BCUT2D eigenvalue weighted by Crippen LogP contribution is 2.19. The molecule has 0 aliphatic carbocycles. The highest BCUT2D eigenvalue weighted by Gasteiger charge is 2.21. The van der Waals surface area contributed by atoms with E-state index in [9.17, 15) is 4.79 Å². The Kier molecular flexibility index (Phi) is 3.68. The number of aromatic nitrogens is 5. The molecule has 0 atom stereocenters. The molecule has 0 radical (unpaired) electrons. The van der Waals surface area contributed by atoms with Crippen LogP contribution in [0.2, 0.25) is 0 Å². The van der Waals surface area contributed by atoms with Crippen LogP contribution in [-0.2, 0) is 7.05 Å². The van der Waals surface area contributed by atoms with E-state index in [1.807, 2.05) is 13.0 Å². The molecule has 0 fully saturated rings. The summed E-state index contributed by atoms with van der Waals surface area (Å²) in [4.78, 5) is 26.8. The van der Waals surface area contributed by atoms with E-state index in [1.54, 1.807) is 43.3 Å². The summed E-state index contributed by atoms with van der Waals surface area (Å²) in [6.07, 6.45) is 4.85. The summed E-state index contributed by atoms with van der Waals surface area (Å²) in [5.41, 5.74) is 1.19. The van der Waals surface area contributed by atoms with Crippen molar-refractivity contribution >= 4 is 23.1 Å². The zero-order valence-corrected chi connectivity index (χ0v) is 13.2. The first-order chi connectivity index (χ1) is 10.6. The van der Waals surface area contributed by atoms with Crippen molar-refractivity contribution in [3.8, 4) is 11.6 Å². The molecule has 0 spiro atoms. The normalized spacial score (nSPS) is 10.7. The summed E-state index contributed by atoms with van der Waals surface area (Å²) in [5.74, 6) is 0.946. The summed E-state index contributed by atoms with van der Waals surface area (Å²) in [5, 5.41) is 0.860. The van der Waals surface area contributed by atoms with Crippen molar-refractivity contribution in [2.24, 2.45) is 7.05 Å². The Morgan fingerprint density at radius 1 is 1.36 bits per heavy atom. The number of pyridine rings is 1. The van der Waals surface area contributed by atoms with Gasteiger partial charge in [0.05, 0.1) is 18.1 Å². The maximum Gasteiger partial charge on any atom is 0.276 e. The summed E-state index contributed by atoms with van der Waals surface area (Å²) < 4.78 is 5.94. The molecular formula is C14H14N6OS.